The SMILES string of the molecule is O=C(NCCCc1nc2ccccc2s1)[C@@H]1CC(=O)N(Cc2ccncc2)C1. The lowest BCUT2D eigenvalue weighted by atomic mass is 10.1. The van der Waals surface area contributed by atoms with Crippen LogP contribution in [0.2, 0.25) is 0 Å². The van der Waals surface area contributed by atoms with Crippen molar-refractivity contribution in [3.05, 3.63) is 59.4 Å². The molecule has 28 heavy (non-hydrogen) atoms. The number of thiazole rings is 1. The highest BCUT2D eigenvalue weighted by Gasteiger charge is 2.33. The first-order valence-corrected chi connectivity index (χ1v) is 10.3. The van der Waals surface area contributed by atoms with Crippen molar-refractivity contribution < 1.29 is 9.59 Å². The molecule has 144 valence electrons. The summed E-state index contributed by atoms with van der Waals surface area (Å²) in [6, 6.07) is 11.9. The molecule has 1 aliphatic heterocycles. The summed E-state index contributed by atoms with van der Waals surface area (Å²) in [6.45, 7) is 1.61. The van der Waals surface area contributed by atoms with Gasteiger partial charge < -0.3 is 10.2 Å². The van der Waals surface area contributed by atoms with Crippen molar-refractivity contribution >= 4 is 33.4 Å². The van der Waals surface area contributed by atoms with Crippen molar-refractivity contribution in [2.75, 3.05) is 13.1 Å². The normalized spacial score (nSPS) is 16.6. The fourth-order valence-electron chi connectivity index (χ4n) is 3.43. The second kappa shape index (κ2) is 8.48. The van der Waals surface area contributed by atoms with Gasteiger partial charge in [-0.2, -0.15) is 0 Å². The van der Waals surface area contributed by atoms with E-state index in [4.69, 9.17) is 0 Å². The van der Waals surface area contributed by atoms with Gasteiger partial charge in [0.05, 0.1) is 21.1 Å². The third-order valence-corrected chi connectivity index (χ3v) is 6.01. The quantitative estimate of drug-likeness (QED) is 0.625. The van der Waals surface area contributed by atoms with Crippen LogP contribution in [0.5, 0.6) is 0 Å². The number of carbonyl (C=O) groups is 2. The molecule has 1 atom stereocenters. The van der Waals surface area contributed by atoms with Crippen molar-refractivity contribution in [1.82, 2.24) is 20.2 Å². The average molecular weight is 395 g/mol. The predicted octanol–water partition coefficient (Wildman–Crippen LogP) is 2.79. The lowest BCUT2D eigenvalue weighted by Gasteiger charge is -2.16. The van der Waals surface area contributed by atoms with E-state index in [2.05, 4.69) is 21.4 Å². The van der Waals surface area contributed by atoms with Gasteiger partial charge in [0.15, 0.2) is 0 Å². The van der Waals surface area contributed by atoms with Crippen LogP contribution in [0.4, 0.5) is 0 Å². The maximum Gasteiger partial charge on any atom is 0.225 e. The molecule has 1 aromatic carbocycles. The third kappa shape index (κ3) is 4.36. The molecule has 1 N–H and O–H groups in total. The number of aryl methyl sites for hydroxylation is 1. The summed E-state index contributed by atoms with van der Waals surface area (Å²) in [6.07, 6.45) is 5.40. The zero-order chi connectivity index (χ0) is 19.3. The van der Waals surface area contributed by atoms with Crippen molar-refractivity contribution in [3.8, 4) is 0 Å². The number of hydrogen-bond acceptors (Lipinski definition) is 5. The van der Waals surface area contributed by atoms with Gasteiger partial charge in [-0.1, -0.05) is 12.1 Å². The second-order valence-electron chi connectivity index (χ2n) is 7.00. The van der Waals surface area contributed by atoms with Gasteiger partial charge in [0.2, 0.25) is 11.8 Å². The Morgan fingerprint density at radius 3 is 2.86 bits per heavy atom. The number of carbonyl (C=O) groups excluding carboxylic acids is 2. The highest BCUT2D eigenvalue weighted by molar-refractivity contribution is 7.18. The van der Waals surface area contributed by atoms with Gasteiger partial charge in [-0.3, -0.25) is 14.6 Å². The lowest BCUT2D eigenvalue weighted by molar-refractivity contribution is -0.129. The van der Waals surface area contributed by atoms with E-state index < -0.39 is 0 Å². The molecule has 4 rings (SSSR count). The molecule has 2 amide bonds. The first-order chi connectivity index (χ1) is 13.7. The standard InChI is InChI=1S/C21H22N4O2S/c26-20-12-16(14-25(20)13-15-7-10-22-11-8-15)21(27)23-9-3-6-19-24-17-4-1-2-5-18(17)28-19/h1-2,4-5,7-8,10-11,16H,3,6,9,12-14H2,(H,23,27)/t16-/m1/s1. The second-order valence-corrected chi connectivity index (χ2v) is 8.12. The van der Waals surface area contributed by atoms with Crippen LogP contribution in [0.1, 0.15) is 23.4 Å². The zero-order valence-corrected chi connectivity index (χ0v) is 16.3. The molecule has 3 aromatic rings. The van der Waals surface area contributed by atoms with Crippen LogP contribution in [0.25, 0.3) is 10.2 Å². The average Bonchev–Trinajstić information content (AvgIpc) is 3.29. The van der Waals surface area contributed by atoms with E-state index in [1.165, 1.54) is 4.70 Å². The molecule has 1 saturated heterocycles. The van der Waals surface area contributed by atoms with Crippen LogP contribution in [0, 0.1) is 5.92 Å². The van der Waals surface area contributed by atoms with Crippen LogP contribution >= 0.6 is 11.3 Å². The maximum atomic E-state index is 12.4. The molecule has 0 radical (unpaired) electrons. The Morgan fingerprint density at radius 1 is 1.21 bits per heavy atom. The van der Waals surface area contributed by atoms with Gasteiger partial charge in [0.1, 0.15) is 0 Å². The van der Waals surface area contributed by atoms with E-state index >= 15 is 0 Å². The highest BCUT2D eigenvalue weighted by atomic mass is 32.1. The predicted molar refractivity (Wildman–Crippen MR) is 109 cm³/mol. The Balaban J connectivity index is 1.22. The number of aromatic nitrogens is 2. The molecule has 6 nitrogen and oxygen atoms in total. The molecule has 0 unspecified atom stereocenters. The molecule has 3 heterocycles. The number of benzene rings is 1. The number of fused-ring (bicyclic) bond motifs is 1. The molecule has 2 aromatic heterocycles. The fraction of sp³-hybridized carbons (Fsp3) is 0.333. The summed E-state index contributed by atoms with van der Waals surface area (Å²) < 4.78 is 1.19. The van der Waals surface area contributed by atoms with E-state index in [0.717, 1.165) is 28.9 Å². The summed E-state index contributed by atoms with van der Waals surface area (Å²) in [4.78, 5) is 35.0. The number of nitrogens with zero attached hydrogens (tertiary/aromatic N) is 3. The van der Waals surface area contributed by atoms with Crippen molar-refractivity contribution in [2.45, 2.75) is 25.8 Å². The molecule has 0 aliphatic carbocycles. The van der Waals surface area contributed by atoms with E-state index in [1.54, 1.807) is 28.6 Å². The highest BCUT2D eigenvalue weighted by Crippen LogP contribution is 2.23. The van der Waals surface area contributed by atoms with Crippen LogP contribution < -0.4 is 5.32 Å². The Hall–Kier alpha value is -2.80. The number of hydrogen-bond donors (Lipinski definition) is 1. The van der Waals surface area contributed by atoms with Gasteiger partial charge in [-0.15, -0.1) is 11.3 Å². The van der Waals surface area contributed by atoms with Crippen molar-refractivity contribution in [1.29, 1.82) is 0 Å². The van der Waals surface area contributed by atoms with E-state index in [-0.39, 0.29) is 24.2 Å². The summed E-state index contributed by atoms with van der Waals surface area (Å²) in [5.41, 5.74) is 2.06. The molecule has 7 heteroatoms. The first kappa shape index (κ1) is 18.6. The van der Waals surface area contributed by atoms with Gasteiger partial charge >= 0.3 is 0 Å². The van der Waals surface area contributed by atoms with Crippen LogP contribution in [0.15, 0.2) is 48.8 Å². The number of likely N-dealkylation sites (tertiary alicyclic amines) is 1. The van der Waals surface area contributed by atoms with E-state index in [1.807, 2.05) is 30.3 Å². The summed E-state index contributed by atoms with van der Waals surface area (Å²) in [5, 5.41) is 4.08. The Morgan fingerprint density at radius 2 is 2.04 bits per heavy atom. The molecule has 0 spiro atoms. The fourth-order valence-corrected chi connectivity index (χ4v) is 4.44. The number of para-hydroxylation sites is 1. The minimum Gasteiger partial charge on any atom is -0.356 e. The van der Waals surface area contributed by atoms with Gasteiger partial charge in [-0.25, -0.2) is 4.98 Å². The molecule has 1 fully saturated rings. The van der Waals surface area contributed by atoms with Crippen molar-refractivity contribution in [2.24, 2.45) is 5.92 Å². The summed E-state index contributed by atoms with van der Waals surface area (Å²) >= 11 is 1.70. The minimum absolute atomic E-state index is 0.0325. The first-order valence-electron chi connectivity index (χ1n) is 9.48. The summed E-state index contributed by atoms with van der Waals surface area (Å²) in [5.74, 6) is -0.266. The number of nitrogens with one attached hydrogen (secondary N) is 1. The van der Waals surface area contributed by atoms with E-state index in [9.17, 15) is 9.59 Å². The molecule has 0 bridgehead atoms. The zero-order valence-electron chi connectivity index (χ0n) is 15.5. The smallest absolute Gasteiger partial charge is 0.225 e. The monoisotopic (exact) mass is 394 g/mol. The number of amides is 2. The molecular weight excluding hydrogens is 372 g/mol. The van der Waals surface area contributed by atoms with Crippen LogP contribution in [-0.2, 0) is 22.6 Å². The molecule has 0 saturated carbocycles. The van der Waals surface area contributed by atoms with Crippen LogP contribution in [-0.4, -0.2) is 39.8 Å². The number of rotatable bonds is 7. The summed E-state index contributed by atoms with van der Waals surface area (Å²) in [7, 11) is 0. The van der Waals surface area contributed by atoms with Crippen molar-refractivity contribution in [3.63, 3.8) is 0 Å². The largest absolute Gasteiger partial charge is 0.356 e. The van der Waals surface area contributed by atoms with Gasteiger partial charge in [0, 0.05) is 44.9 Å². The molecular formula is C21H22N4O2S. The third-order valence-electron chi connectivity index (χ3n) is 4.91. The Bertz CT molecular complexity index is 940. The maximum absolute atomic E-state index is 12.4. The topological polar surface area (TPSA) is 75.2 Å². The van der Waals surface area contributed by atoms with E-state index in [0.29, 0.717) is 19.6 Å². The molecule has 1 aliphatic rings. The number of pyridine rings is 1. The van der Waals surface area contributed by atoms with Gasteiger partial charge in [0.25, 0.3) is 0 Å². The Labute approximate surface area is 167 Å². The minimum atomic E-state index is -0.267. The Kier molecular flexibility index (Phi) is 5.62. The lowest BCUT2D eigenvalue weighted by Crippen LogP contribution is -2.33. The van der Waals surface area contributed by atoms with Gasteiger partial charge in [-0.05, 0) is 36.2 Å². The van der Waals surface area contributed by atoms with Crippen LogP contribution in [0.3, 0.4) is 0 Å².